The Morgan fingerprint density at radius 3 is 2.95 bits per heavy atom. The van der Waals surface area contributed by atoms with Crippen LogP contribution in [0.15, 0.2) is 36.9 Å². The van der Waals surface area contributed by atoms with Crippen molar-refractivity contribution in [3.05, 3.63) is 42.5 Å². The molecule has 4 heteroatoms. The van der Waals surface area contributed by atoms with E-state index in [9.17, 15) is 9.59 Å². The number of carbonyl (C=O) groups excluding carboxylic acids is 2. The summed E-state index contributed by atoms with van der Waals surface area (Å²) in [6, 6.07) is 7.94. The zero-order chi connectivity index (χ0) is 13.8. The Kier molecular flexibility index (Phi) is 4.00. The highest BCUT2D eigenvalue weighted by Crippen LogP contribution is 2.32. The van der Waals surface area contributed by atoms with Gasteiger partial charge in [0.15, 0.2) is 0 Å². The Morgan fingerprint density at radius 2 is 2.21 bits per heavy atom. The van der Waals surface area contributed by atoms with E-state index in [-0.39, 0.29) is 24.3 Å². The summed E-state index contributed by atoms with van der Waals surface area (Å²) in [5.74, 6) is -0.416. The number of hydrogen-bond donors (Lipinski definition) is 1. The zero-order valence-electron chi connectivity index (χ0n) is 11.1. The average molecular weight is 258 g/mol. The van der Waals surface area contributed by atoms with Crippen molar-refractivity contribution < 1.29 is 9.59 Å². The van der Waals surface area contributed by atoms with E-state index in [1.807, 2.05) is 31.2 Å². The van der Waals surface area contributed by atoms with Crippen molar-refractivity contribution in [3.63, 3.8) is 0 Å². The summed E-state index contributed by atoms with van der Waals surface area (Å²) >= 11 is 0. The molecule has 0 bridgehead atoms. The van der Waals surface area contributed by atoms with E-state index in [1.165, 1.54) is 0 Å². The molecule has 0 aliphatic carbocycles. The predicted molar refractivity (Wildman–Crippen MR) is 74.9 cm³/mol. The standard InChI is InChI=1S/C15H18N2O2/c1-3-8-16-14(18)10-15(19)17-11(2)9-12-6-4-5-7-13(12)17/h3-7,11H,1,8-10H2,2H3,(H,16,18). The molecule has 1 aromatic rings. The molecule has 1 aromatic carbocycles. The van der Waals surface area contributed by atoms with Crippen LogP contribution in [-0.2, 0) is 16.0 Å². The summed E-state index contributed by atoms with van der Waals surface area (Å²) in [5, 5.41) is 2.62. The SMILES string of the molecule is C=CCNC(=O)CC(=O)N1c2ccccc2CC1C. The van der Waals surface area contributed by atoms with Crippen molar-refractivity contribution in [1.29, 1.82) is 0 Å². The van der Waals surface area contributed by atoms with Crippen LogP contribution in [0.1, 0.15) is 18.9 Å². The Bertz CT molecular complexity index is 511. The van der Waals surface area contributed by atoms with Crippen LogP contribution in [0.5, 0.6) is 0 Å². The molecule has 1 unspecified atom stereocenters. The van der Waals surface area contributed by atoms with E-state index in [4.69, 9.17) is 0 Å². The summed E-state index contributed by atoms with van der Waals surface area (Å²) in [7, 11) is 0. The van der Waals surface area contributed by atoms with E-state index in [2.05, 4.69) is 11.9 Å². The Labute approximate surface area is 113 Å². The minimum Gasteiger partial charge on any atom is -0.352 e. The van der Waals surface area contributed by atoms with Gasteiger partial charge in [-0.1, -0.05) is 24.3 Å². The highest BCUT2D eigenvalue weighted by atomic mass is 16.2. The molecular formula is C15H18N2O2. The number of rotatable bonds is 4. The number of anilines is 1. The molecule has 19 heavy (non-hydrogen) atoms. The van der Waals surface area contributed by atoms with E-state index >= 15 is 0 Å². The molecule has 1 atom stereocenters. The number of hydrogen-bond acceptors (Lipinski definition) is 2. The number of para-hydroxylation sites is 1. The third-order valence-corrected chi connectivity index (χ3v) is 3.23. The first kappa shape index (κ1) is 13.3. The van der Waals surface area contributed by atoms with E-state index in [0.29, 0.717) is 6.54 Å². The Balaban J connectivity index is 2.07. The van der Waals surface area contributed by atoms with Crippen LogP contribution in [0.4, 0.5) is 5.69 Å². The fraction of sp³-hybridized carbons (Fsp3) is 0.333. The monoisotopic (exact) mass is 258 g/mol. The molecule has 2 amide bonds. The lowest BCUT2D eigenvalue weighted by atomic mass is 10.1. The number of amides is 2. The molecule has 0 spiro atoms. The first-order valence-corrected chi connectivity index (χ1v) is 6.41. The molecule has 1 aliphatic heterocycles. The second-order valence-electron chi connectivity index (χ2n) is 4.72. The smallest absolute Gasteiger partial charge is 0.236 e. The van der Waals surface area contributed by atoms with Gasteiger partial charge in [0.05, 0.1) is 0 Å². The third-order valence-electron chi connectivity index (χ3n) is 3.23. The highest BCUT2D eigenvalue weighted by Gasteiger charge is 2.31. The average Bonchev–Trinajstić information content (AvgIpc) is 2.72. The van der Waals surface area contributed by atoms with E-state index < -0.39 is 0 Å². The molecule has 1 aliphatic rings. The summed E-state index contributed by atoms with van der Waals surface area (Å²) in [6.45, 7) is 5.91. The normalized spacial score (nSPS) is 16.9. The van der Waals surface area contributed by atoms with Crippen LogP contribution >= 0.6 is 0 Å². The van der Waals surface area contributed by atoms with Crippen LogP contribution < -0.4 is 10.2 Å². The molecule has 0 aromatic heterocycles. The zero-order valence-corrected chi connectivity index (χ0v) is 11.1. The van der Waals surface area contributed by atoms with Gasteiger partial charge in [-0.25, -0.2) is 0 Å². The molecule has 0 saturated carbocycles. The van der Waals surface area contributed by atoms with Gasteiger partial charge in [-0.05, 0) is 25.0 Å². The molecule has 1 N–H and O–H groups in total. The van der Waals surface area contributed by atoms with Crippen molar-refractivity contribution in [2.75, 3.05) is 11.4 Å². The topological polar surface area (TPSA) is 49.4 Å². The largest absolute Gasteiger partial charge is 0.352 e. The van der Waals surface area contributed by atoms with Crippen molar-refractivity contribution in [2.45, 2.75) is 25.8 Å². The number of benzene rings is 1. The first-order chi connectivity index (χ1) is 9.13. The van der Waals surface area contributed by atoms with Crippen LogP contribution in [0.2, 0.25) is 0 Å². The van der Waals surface area contributed by atoms with Crippen molar-refractivity contribution in [3.8, 4) is 0 Å². The lowest BCUT2D eigenvalue weighted by molar-refractivity contribution is -0.127. The van der Waals surface area contributed by atoms with Gasteiger partial charge in [-0.3, -0.25) is 9.59 Å². The minimum atomic E-state index is -0.263. The fourth-order valence-electron chi connectivity index (χ4n) is 2.42. The van der Waals surface area contributed by atoms with Gasteiger partial charge in [-0.2, -0.15) is 0 Å². The maximum atomic E-state index is 12.2. The Morgan fingerprint density at radius 1 is 1.47 bits per heavy atom. The number of nitrogens with zero attached hydrogens (tertiary/aromatic N) is 1. The molecule has 0 saturated heterocycles. The number of nitrogens with one attached hydrogen (secondary N) is 1. The fourth-order valence-corrected chi connectivity index (χ4v) is 2.42. The number of fused-ring (bicyclic) bond motifs is 1. The summed E-state index contributed by atoms with van der Waals surface area (Å²) in [4.78, 5) is 25.5. The predicted octanol–water partition coefficient (Wildman–Crippen LogP) is 1.66. The van der Waals surface area contributed by atoms with Gasteiger partial charge in [0, 0.05) is 18.3 Å². The van der Waals surface area contributed by atoms with Gasteiger partial charge in [-0.15, -0.1) is 6.58 Å². The summed E-state index contributed by atoms with van der Waals surface area (Å²) < 4.78 is 0. The second-order valence-corrected chi connectivity index (χ2v) is 4.72. The maximum Gasteiger partial charge on any atom is 0.236 e. The van der Waals surface area contributed by atoms with Crippen molar-refractivity contribution in [1.82, 2.24) is 5.32 Å². The lowest BCUT2D eigenvalue weighted by Crippen LogP contribution is -2.39. The third kappa shape index (κ3) is 2.84. The maximum absolute atomic E-state index is 12.2. The van der Waals surface area contributed by atoms with Gasteiger partial charge < -0.3 is 10.2 Å². The van der Waals surface area contributed by atoms with Crippen molar-refractivity contribution >= 4 is 17.5 Å². The quantitative estimate of drug-likeness (QED) is 0.659. The van der Waals surface area contributed by atoms with Crippen LogP contribution in [0, 0.1) is 0 Å². The molecule has 2 rings (SSSR count). The Hall–Kier alpha value is -2.10. The van der Waals surface area contributed by atoms with Gasteiger partial charge >= 0.3 is 0 Å². The molecule has 100 valence electrons. The van der Waals surface area contributed by atoms with E-state index in [1.54, 1.807) is 11.0 Å². The van der Waals surface area contributed by atoms with Crippen molar-refractivity contribution in [2.24, 2.45) is 0 Å². The highest BCUT2D eigenvalue weighted by molar-refractivity contribution is 6.06. The summed E-state index contributed by atoms with van der Waals surface area (Å²) in [5.41, 5.74) is 2.09. The molecule has 1 heterocycles. The summed E-state index contributed by atoms with van der Waals surface area (Å²) in [6.07, 6.45) is 2.32. The lowest BCUT2D eigenvalue weighted by Gasteiger charge is -2.22. The first-order valence-electron chi connectivity index (χ1n) is 6.41. The molecule has 0 radical (unpaired) electrons. The van der Waals surface area contributed by atoms with Gasteiger partial charge in [0.2, 0.25) is 11.8 Å². The van der Waals surface area contributed by atoms with Crippen LogP contribution in [-0.4, -0.2) is 24.4 Å². The number of carbonyl (C=O) groups is 2. The molecule has 4 nitrogen and oxygen atoms in total. The van der Waals surface area contributed by atoms with Crippen LogP contribution in [0.3, 0.4) is 0 Å². The minimum absolute atomic E-state index is 0.108. The van der Waals surface area contributed by atoms with Gasteiger partial charge in [0.25, 0.3) is 0 Å². The molecule has 0 fully saturated rings. The van der Waals surface area contributed by atoms with E-state index in [0.717, 1.165) is 17.7 Å². The van der Waals surface area contributed by atoms with Crippen LogP contribution in [0.25, 0.3) is 0 Å². The van der Waals surface area contributed by atoms with Gasteiger partial charge in [0.1, 0.15) is 6.42 Å². The second kappa shape index (κ2) is 5.69. The molecular weight excluding hydrogens is 240 g/mol.